The molecule has 10 atom stereocenters. The standard InChI is InChI=1S/C30H36O17/c1-40-12-6-14-13(15(7-12)44-29-26(38)24(36)22(34)19(9-31)46-29)8-18(45-30-27(39)25(37)23(35)20(10-32)47-30)28(43-14)11-4-16(41-2)21(33)17(5-11)42-3/h4-8,19-20,22-27,29-32,34-39H,9-10H2,1-3H3/t19-,20-,22-,23-,24+,25+,26-,27-,29-,30-/m1/s1. The van der Waals surface area contributed by atoms with Crippen molar-refractivity contribution in [3.8, 4) is 17.2 Å². The van der Waals surface area contributed by atoms with Crippen LogP contribution in [0.15, 0.2) is 52.9 Å². The van der Waals surface area contributed by atoms with Gasteiger partial charge in [0.2, 0.25) is 12.6 Å². The minimum absolute atomic E-state index is 0.0669. The fraction of sp³-hybridized carbons (Fsp3) is 0.500. The lowest BCUT2D eigenvalue weighted by Gasteiger charge is -2.40. The number of Topliss-reactive ketones (excluding diaryl/α,β-unsaturated/α-hetero) is 1. The molecule has 2 fully saturated rings. The number of aliphatic hydroxyl groups excluding tert-OH is 8. The normalized spacial score (nSPS) is 33.9. The molecule has 0 radical (unpaired) electrons. The van der Waals surface area contributed by atoms with Crippen molar-refractivity contribution in [2.75, 3.05) is 34.5 Å². The van der Waals surface area contributed by atoms with Gasteiger partial charge in [-0.2, -0.15) is 0 Å². The van der Waals surface area contributed by atoms with Crippen molar-refractivity contribution in [2.45, 2.75) is 61.4 Å². The molecule has 0 bridgehead atoms. The molecular weight excluding hydrogens is 632 g/mol. The summed E-state index contributed by atoms with van der Waals surface area (Å²) >= 11 is 0. The van der Waals surface area contributed by atoms with Crippen LogP contribution in [-0.4, -0.2) is 143 Å². The van der Waals surface area contributed by atoms with Crippen LogP contribution in [0.1, 0.15) is 5.56 Å². The van der Waals surface area contributed by atoms with E-state index in [4.69, 9.17) is 37.9 Å². The zero-order valence-corrected chi connectivity index (χ0v) is 25.3. The fourth-order valence-corrected chi connectivity index (χ4v) is 5.26. The molecular formula is C30H36O17. The van der Waals surface area contributed by atoms with E-state index in [1.165, 1.54) is 51.7 Å². The van der Waals surface area contributed by atoms with Crippen LogP contribution >= 0.6 is 0 Å². The molecule has 5 rings (SSSR count). The van der Waals surface area contributed by atoms with Gasteiger partial charge >= 0.3 is 0 Å². The average Bonchev–Trinajstić information content (AvgIpc) is 3.08. The van der Waals surface area contributed by atoms with Crippen molar-refractivity contribution in [3.05, 3.63) is 58.5 Å². The van der Waals surface area contributed by atoms with Crippen molar-refractivity contribution in [2.24, 2.45) is 0 Å². The molecule has 0 unspecified atom stereocenters. The summed E-state index contributed by atoms with van der Waals surface area (Å²) in [6.45, 7) is -1.43. The lowest BCUT2D eigenvalue weighted by molar-refractivity contribution is -0.291. The van der Waals surface area contributed by atoms with E-state index in [0.29, 0.717) is 0 Å². The zero-order valence-electron chi connectivity index (χ0n) is 25.3. The van der Waals surface area contributed by atoms with Crippen LogP contribution in [-0.2, 0) is 28.5 Å². The van der Waals surface area contributed by atoms with Crippen molar-refractivity contribution in [1.29, 1.82) is 0 Å². The molecule has 1 aliphatic carbocycles. The Bertz CT molecular complexity index is 1440. The topological polar surface area (TPSA) is 253 Å². The second kappa shape index (κ2) is 14.2. The number of fused-ring (bicyclic) bond motifs is 1. The summed E-state index contributed by atoms with van der Waals surface area (Å²) in [5.41, 5.74) is 0.310. The lowest BCUT2D eigenvalue weighted by atomic mass is 9.98. The summed E-state index contributed by atoms with van der Waals surface area (Å²) < 4.78 is 45.0. The van der Waals surface area contributed by atoms with Gasteiger partial charge in [0, 0.05) is 17.7 Å². The largest absolute Gasteiger partial charge is 0.496 e. The molecule has 47 heavy (non-hydrogen) atoms. The van der Waals surface area contributed by atoms with Crippen LogP contribution in [0, 0.1) is 0 Å². The molecule has 3 aliphatic heterocycles. The maximum atomic E-state index is 12.7. The van der Waals surface area contributed by atoms with Gasteiger partial charge in [-0.05, 0) is 18.2 Å². The second-order valence-electron chi connectivity index (χ2n) is 10.8. The van der Waals surface area contributed by atoms with E-state index in [1.807, 2.05) is 0 Å². The van der Waals surface area contributed by atoms with E-state index in [0.717, 1.165) is 0 Å². The molecule has 1 aromatic carbocycles. The number of aliphatic hydroxyl groups is 8. The third-order valence-corrected chi connectivity index (χ3v) is 7.93. The number of benzene rings is 1. The lowest BCUT2D eigenvalue weighted by Crippen LogP contribution is -2.60. The molecule has 2 saturated heterocycles. The first-order valence-electron chi connectivity index (χ1n) is 14.3. The molecule has 17 heteroatoms. The molecule has 4 aliphatic rings. The summed E-state index contributed by atoms with van der Waals surface area (Å²) in [5.74, 6) is -0.873. The Labute approximate surface area is 267 Å². The highest BCUT2D eigenvalue weighted by Crippen LogP contribution is 2.44. The quantitative estimate of drug-likeness (QED) is 0.133. The maximum Gasteiger partial charge on any atom is 0.261 e. The van der Waals surface area contributed by atoms with Crippen molar-refractivity contribution >= 4 is 11.9 Å². The summed E-state index contributed by atoms with van der Waals surface area (Å²) in [6.07, 6.45) is -12.2. The second-order valence-corrected chi connectivity index (χ2v) is 10.8. The molecule has 8 N–H and O–H groups in total. The van der Waals surface area contributed by atoms with Crippen molar-refractivity contribution in [1.82, 2.24) is 0 Å². The number of ketones is 1. The minimum Gasteiger partial charge on any atom is -0.496 e. The number of hydrogen-bond acceptors (Lipinski definition) is 17. The third kappa shape index (κ3) is 6.55. The van der Waals surface area contributed by atoms with Crippen LogP contribution in [0.3, 0.4) is 0 Å². The number of ether oxygens (including phenoxy) is 8. The highest BCUT2D eigenvalue weighted by Gasteiger charge is 2.47. The van der Waals surface area contributed by atoms with E-state index in [9.17, 15) is 45.6 Å². The molecule has 0 amide bonds. The molecule has 258 valence electrons. The fourth-order valence-electron chi connectivity index (χ4n) is 5.26. The van der Waals surface area contributed by atoms with Crippen LogP contribution in [0.2, 0.25) is 0 Å². The van der Waals surface area contributed by atoms with E-state index < -0.39 is 80.4 Å². The number of allylic oxidation sites excluding steroid dienone is 3. The Kier molecular flexibility index (Phi) is 10.4. The van der Waals surface area contributed by atoms with Gasteiger partial charge in [-0.25, -0.2) is 0 Å². The molecule has 3 heterocycles. The minimum atomic E-state index is -1.81. The van der Waals surface area contributed by atoms with Crippen LogP contribution in [0.4, 0.5) is 0 Å². The Morgan fingerprint density at radius 2 is 1.19 bits per heavy atom. The first-order valence-corrected chi connectivity index (χ1v) is 14.3. The third-order valence-electron chi connectivity index (χ3n) is 7.93. The van der Waals surface area contributed by atoms with E-state index >= 15 is 0 Å². The van der Waals surface area contributed by atoms with E-state index in [1.54, 1.807) is 0 Å². The van der Waals surface area contributed by atoms with E-state index in [2.05, 4.69) is 0 Å². The number of rotatable bonds is 9. The average molecular weight is 669 g/mol. The Balaban J connectivity index is 1.63. The summed E-state index contributed by atoms with van der Waals surface area (Å²) in [7, 11) is 3.91. The first kappa shape index (κ1) is 34.6. The first-order chi connectivity index (χ1) is 22.4. The Hall–Kier alpha value is -3.75. The molecule has 17 nitrogen and oxygen atoms in total. The number of hydrogen-bond donors (Lipinski definition) is 8. The molecule has 0 saturated carbocycles. The highest BCUT2D eigenvalue weighted by atomic mass is 16.7. The number of methoxy groups -OCH3 is 3. The Morgan fingerprint density at radius 1 is 0.660 bits per heavy atom. The number of carbonyl (C=O) groups excluding carboxylic acids is 1. The predicted octanol–water partition coefficient (Wildman–Crippen LogP) is -2.68. The van der Waals surface area contributed by atoms with Gasteiger partial charge < -0.3 is 78.7 Å². The van der Waals surface area contributed by atoms with Gasteiger partial charge in [-0.3, -0.25) is 4.79 Å². The molecule has 0 aromatic heterocycles. The van der Waals surface area contributed by atoms with Gasteiger partial charge in [0.25, 0.3) is 5.78 Å². The summed E-state index contributed by atoms with van der Waals surface area (Å²) in [6, 6.07) is 2.85. The smallest absolute Gasteiger partial charge is 0.261 e. The molecule has 0 spiro atoms. The van der Waals surface area contributed by atoms with Gasteiger partial charge in [0.05, 0.1) is 40.1 Å². The predicted molar refractivity (Wildman–Crippen MR) is 153 cm³/mol. The van der Waals surface area contributed by atoms with Gasteiger partial charge in [-0.1, -0.05) is 0 Å². The summed E-state index contributed by atoms with van der Waals surface area (Å²) in [5, 5.41) is 81.7. The monoisotopic (exact) mass is 668 g/mol. The maximum absolute atomic E-state index is 12.7. The Morgan fingerprint density at radius 3 is 1.68 bits per heavy atom. The highest BCUT2D eigenvalue weighted by molar-refractivity contribution is 6.07. The van der Waals surface area contributed by atoms with Crippen LogP contribution < -0.4 is 14.2 Å². The van der Waals surface area contributed by atoms with Gasteiger partial charge in [-0.15, -0.1) is 0 Å². The van der Waals surface area contributed by atoms with Crippen LogP contribution in [0.5, 0.6) is 17.2 Å². The van der Waals surface area contributed by atoms with E-state index in [-0.39, 0.29) is 51.4 Å². The van der Waals surface area contributed by atoms with Crippen molar-refractivity contribution in [3.63, 3.8) is 0 Å². The zero-order chi connectivity index (χ0) is 34.2. The van der Waals surface area contributed by atoms with Crippen molar-refractivity contribution < 1.29 is 83.5 Å². The molecule has 1 aromatic rings. The SMILES string of the molecule is COC1=CC(=C2Oc3cc(OC)cc(O[C@@H]4O[C@H](CO)[C@@H](O)[C@H](O)[C@H]4O)c3C=C2O[C@@H]2O[C@H](CO)[C@@H](O)[C@H](O)[C@H]2O)C=C(OC)C1=O. The van der Waals surface area contributed by atoms with Crippen LogP contribution in [0.25, 0.3) is 6.08 Å². The van der Waals surface area contributed by atoms with Gasteiger partial charge in [0.15, 0.2) is 23.0 Å². The van der Waals surface area contributed by atoms with Gasteiger partial charge in [0.1, 0.15) is 66.1 Å². The summed E-state index contributed by atoms with van der Waals surface area (Å²) in [4.78, 5) is 12.7. The number of carbonyl (C=O) groups is 1.